The number of aliphatic carboxylic acids is 1. The average molecular weight is 342 g/mol. The highest BCUT2D eigenvalue weighted by molar-refractivity contribution is 9.10. The van der Waals surface area contributed by atoms with Gasteiger partial charge >= 0.3 is 5.97 Å². The molecule has 0 aliphatic carbocycles. The van der Waals surface area contributed by atoms with E-state index in [0.29, 0.717) is 18.7 Å². The van der Waals surface area contributed by atoms with Gasteiger partial charge in [-0.05, 0) is 31.0 Å². The summed E-state index contributed by atoms with van der Waals surface area (Å²) < 4.78 is 6.40. The zero-order valence-electron chi connectivity index (χ0n) is 10.9. The van der Waals surface area contributed by atoms with Crippen LogP contribution in [0.2, 0.25) is 0 Å². The lowest BCUT2D eigenvalue weighted by molar-refractivity contribution is -0.148. The van der Waals surface area contributed by atoms with E-state index in [1.165, 1.54) is 4.90 Å². The summed E-state index contributed by atoms with van der Waals surface area (Å²) in [6.07, 6.45) is 1.47. The number of amides is 1. The molecule has 1 heterocycles. The molecule has 1 fully saturated rings. The van der Waals surface area contributed by atoms with Crippen molar-refractivity contribution in [1.29, 1.82) is 0 Å². The van der Waals surface area contributed by atoms with Crippen molar-refractivity contribution >= 4 is 27.8 Å². The Morgan fingerprint density at radius 1 is 1.45 bits per heavy atom. The molecule has 1 unspecified atom stereocenters. The Balaban J connectivity index is 1.82. The summed E-state index contributed by atoms with van der Waals surface area (Å²) in [5.74, 6) is -0.406. The van der Waals surface area contributed by atoms with Crippen LogP contribution in [-0.4, -0.2) is 41.1 Å². The van der Waals surface area contributed by atoms with Crippen LogP contribution in [0.25, 0.3) is 0 Å². The predicted octanol–water partition coefficient (Wildman–Crippen LogP) is 2.29. The molecule has 1 saturated heterocycles. The van der Waals surface area contributed by atoms with E-state index in [4.69, 9.17) is 9.84 Å². The average Bonchev–Trinajstić information content (AvgIpc) is 2.88. The van der Waals surface area contributed by atoms with Crippen LogP contribution in [0.15, 0.2) is 28.7 Å². The Kier molecular flexibility index (Phi) is 5.00. The molecular weight excluding hydrogens is 326 g/mol. The number of carboxylic acids is 1. The first-order valence-corrected chi connectivity index (χ1v) is 7.28. The van der Waals surface area contributed by atoms with Gasteiger partial charge in [-0.2, -0.15) is 0 Å². The summed E-state index contributed by atoms with van der Waals surface area (Å²) in [5, 5.41) is 9.04. The number of nitrogens with zero attached hydrogens (tertiary/aromatic N) is 1. The second kappa shape index (κ2) is 6.74. The molecule has 108 valence electrons. The van der Waals surface area contributed by atoms with E-state index in [2.05, 4.69) is 15.9 Å². The van der Waals surface area contributed by atoms with Crippen molar-refractivity contribution in [2.24, 2.45) is 0 Å². The van der Waals surface area contributed by atoms with Crippen LogP contribution in [0.5, 0.6) is 5.75 Å². The maximum absolute atomic E-state index is 12.0. The molecule has 1 atom stereocenters. The summed E-state index contributed by atoms with van der Waals surface area (Å²) in [6, 6.07) is 6.70. The number of hydrogen-bond donors (Lipinski definition) is 1. The van der Waals surface area contributed by atoms with E-state index < -0.39 is 12.0 Å². The first-order valence-electron chi connectivity index (χ1n) is 6.48. The molecule has 0 bridgehead atoms. The van der Waals surface area contributed by atoms with Gasteiger partial charge in [0.1, 0.15) is 11.8 Å². The normalized spacial score (nSPS) is 18.1. The third kappa shape index (κ3) is 3.72. The summed E-state index contributed by atoms with van der Waals surface area (Å²) in [6.45, 7) is 0.769. The Bertz CT molecular complexity index is 506. The number of carbonyl (C=O) groups excluding carboxylic acids is 1. The minimum Gasteiger partial charge on any atom is -0.493 e. The largest absolute Gasteiger partial charge is 0.493 e. The molecule has 1 aliphatic heterocycles. The molecule has 2 rings (SSSR count). The summed E-state index contributed by atoms with van der Waals surface area (Å²) >= 11 is 3.34. The fourth-order valence-electron chi connectivity index (χ4n) is 2.28. The molecule has 6 heteroatoms. The van der Waals surface area contributed by atoms with E-state index >= 15 is 0 Å². The molecule has 1 N–H and O–H groups in total. The second-order valence-corrected chi connectivity index (χ2v) is 5.55. The maximum atomic E-state index is 12.0. The summed E-state index contributed by atoms with van der Waals surface area (Å²) in [7, 11) is 0. The third-order valence-corrected chi connectivity index (χ3v) is 3.73. The van der Waals surface area contributed by atoms with Crippen molar-refractivity contribution in [2.75, 3.05) is 13.2 Å². The first kappa shape index (κ1) is 14.8. The Morgan fingerprint density at radius 3 is 2.95 bits per heavy atom. The first-order chi connectivity index (χ1) is 9.58. The molecule has 5 nitrogen and oxygen atoms in total. The van der Waals surface area contributed by atoms with Gasteiger partial charge in [-0.25, -0.2) is 4.79 Å². The van der Waals surface area contributed by atoms with Crippen LogP contribution in [0.4, 0.5) is 0 Å². The van der Waals surface area contributed by atoms with Gasteiger partial charge in [-0.3, -0.25) is 4.79 Å². The maximum Gasteiger partial charge on any atom is 0.326 e. The predicted molar refractivity (Wildman–Crippen MR) is 76.6 cm³/mol. The molecular formula is C14H16BrNO4. The Labute approximate surface area is 125 Å². The van der Waals surface area contributed by atoms with Crippen LogP contribution >= 0.6 is 15.9 Å². The molecule has 1 aromatic carbocycles. The van der Waals surface area contributed by atoms with Crippen LogP contribution in [-0.2, 0) is 9.59 Å². The molecule has 1 aromatic rings. The lowest BCUT2D eigenvalue weighted by atomic mass is 10.2. The summed E-state index contributed by atoms with van der Waals surface area (Å²) in [4.78, 5) is 24.4. The Morgan fingerprint density at radius 2 is 2.25 bits per heavy atom. The molecule has 1 amide bonds. The number of carboxylic acid groups (broad SMARTS) is 1. The number of likely N-dealkylation sites (tertiary alicyclic amines) is 1. The zero-order valence-corrected chi connectivity index (χ0v) is 12.5. The quantitative estimate of drug-likeness (QED) is 0.892. The van der Waals surface area contributed by atoms with Crippen molar-refractivity contribution < 1.29 is 19.4 Å². The van der Waals surface area contributed by atoms with E-state index in [1.807, 2.05) is 24.3 Å². The molecule has 20 heavy (non-hydrogen) atoms. The van der Waals surface area contributed by atoms with Gasteiger partial charge in [0.25, 0.3) is 0 Å². The molecule has 1 aliphatic rings. The van der Waals surface area contributed by atoms with E-state index in [1.54, 1.807) is 0 Å². The SMILES string of the molecule is O=C(O)C1CCCN1C(=O)CCOc1cccc(Br)c1. The summed E-state index contributed by atoms with van der Waals surface area (Å²) in [5.41, 5.74) is 0. The minimum atomic E-state index is -0.927. The van der Waals surface area contributed by atoms with Gasteiger partial charge in [0.15, 0.2) is 0 Å². The highest BCUT2D eigenvalue weighted by Crippen LogP contribution is 2.20. The zero-order chi connectivity index (χ0) is 14.5. The number of halogens is 1. The third-order valence-electron chi connectivity index (χ3n) is 3.24. The van der Waals surface area contributed by atoms with Gasteiger partial charge in [0, 0.05) is 11.0 Å². The lowest BCUT2D eigenvalue weighted by Gasteiger charge is -2.21. The molecule has 0 radical (unpaired) electrons. The minimum absolute atomic E-state index is 0.162. The lowest BCUT2D eigenvalue weighted by Crippen LogP contribution is -2.40. The highest BCUT2D eigenvalue weighted by atomic mass is 79.9. The van der Waals surface area contributed by atoms with E-state index in [9.17, 15) is 9.59 Å². The molecule has 0 saturated carbocycles. The van der Waals surface area contributed by atoms with Crippen LogP contribution < -0.4 is 4.74 Å². The number of rotatable bonds is 5. The smallest absolute Gasteiger partial charge is 0.326 e. The van der Waals surface area contributed by atoms with Gasteiger partial charge in [-0.15, -0.1) is 0 Å². The topological polar surface area (TPSA) is 66.8 Å². The van der Waals surface area contributed by atoms with Crippen molar-refractivity contribution in [3.8, 4) is 5.75 Å². The number of benzene rings is 1. The van der Waals surface area contributed by atoms with Crippen molar-refractivity contribution in [2.45, 2.75) is 25.3 Å². The van der Waals surface area contributed by atoms with Gasteiger partial charge < -0.3 is 14.7 Å². The number of hydrogen-bond acceptors (Lipinski definition) is 3. The Hall–Kier alpha value is -1.56. The fraction of sp³-hybridized carbons (Fsp3) is 0.429. The van der Waals surface area contributed by atoms with Crippen molar-refractivity contribution in [3.05, 3.63) is 28.7 Å². The monoisotopic (exact) mass is 341 g/mol. The number of ether oxygens (including phenoxy) is 1. The van der Waals surface area contributed by atoms with Crippen LogP contribution in [0.1, 0.15) is 19.3 Å². The fourth-order valence-corrected chi connectivity index (χ4v) is 2.66. The van der Waals surface area contributed by atoms with E-state index in [-0.39, 0.29) is 18.9 Å². The van der Waals surface area contributed by atoms with Crippen LogP contribution in [0, 0.1) is 0 Å². The van der Waals surface area contributed by atoms with Crippen molar-refractivity contribution in [3.63, 3.8) is 0 Å². The molecule has 0 aromatic heterocycles. The molecule has 0 spiro atoms. The van der Waals surface area contributed by atoms with E-state index in [0.717, 1.165) is 10.9 Å². The van der Waals surface area contributed by atoms with Crippen molar-refractivity contribution in [1.82, 2.24) is 4.90 Å². The van der Waals surface area contributed by atoms with Gasteiger partial charge in [-0.1, -0.05) is 22.0 Å². The van der Waals surface area contributed by atoms with Crippen LogP contribution in [0.3, 0.4) is 0 Å². The van der Waals surface area contributed by atoms with Gasteiger partial charge in [0.2, 0.25) is 5.91 Å². The number of carbonyl (C=O) groups is 2. The highest BCUT2D eigenvalue weighted by Gasteiger charge is 2.33. The standard InChI is InChI=1S/C14H16BrNO4/c15-10-3-1-4-11(9-10)20-8-6-13(17)16-7-2-5-12(16)14(18)19/h1,3-4,9,12H,2,5-8H2,(H,18,19). The van der Waals surface area contributed by atoms with Gasteiger partial charge in [0.05, 0.1) is 13.0 Å². The second-order valence-electron chi connectivity index (χ2n) is 4.64.